The number of rotatable bonds is 3. The lowest BCUT2D eigenvalue weighted by Crippen LogP contribution is -2.30. The van der Waals surface area contributed by atoms with E-state index >= 15 is 0 Å². The molecule has 1 saturated carbocycles. The van der Waals surface area contributed by atoms with E-state index < -0.39 is 5.97 Å². The number of hydrogen-bond acceptors (Lipinski definition) is 2. The van der Waals surface area contributed by atoms with Crippen molar-refractivity contribution in [1.29, 1.82) is 0 Å². The SMILES string of the molecule is O=C(O)c1cccc(=O)n1CC1CCC1. The molecule has 4 heteroatoms. The van der Waals surface area contributed by atoms with Crippen molar-refractivity contribution >= 4 is 5.97 Å². The smallest absolute Gasteiger partial charge is 0.352 e. The first kappa shape index (κ1) is 9.96. The lowest BCUT2D eigenvalue weighted by Gasteiger charge is -2.26. The van der Waals surface area contributed by atoms with Crippen LogP contribution in [0.1, 0.15) is 29.8 Å². The third kappa shape index (κ3) is 1.93. The van der Waals surface area contributed by atoms with Crippen LogP contribution in [-0.4, -0.2) is 15.6 Å². The lowest BCUT2D eigenvalue weighted by atomic mass is 9.85. The van der Waals surface area contributed by atoms with Gasteiger partial charge in [0.2, 0.25) is 0 Å². The molecule has 1 aromatic rings. The highest BCUT2D eigenvalue weighted by Crippen LogP contribution is 2.27. The van der Waals surface area contributed by atoms with Crippen molar-refractivity contribution in [2.24, 2.45) is 5.92 Å². The van der Waals surface area contributed by atoms with Gasteiger partial charge < -0.3 is 9.67 Å². The van der Waals surface area contributed by atoms with Crippen LogP contribution in [0.5, 0.6) is 0 Å². The number of carboxylic acid groups (broad SMARTS) is 1. The Balaban J connectivity index is 2.33. The highest BCUT2D eigenvalue weighted by Gasteiger charge is 2.20. The van der Waals surface area contributed by atoms with Gasteiger partial charge in [-0.1, -0.05) is 12.5 Å². The number of carboxylic acids is 1. The van der Waals surface area contributed by atoms with E-state index in [-0.39, 0.29) is 11.3 Å². The Kier molecular flexibility index (Phi) is 2.58. The Bertz CT molecular complexity index is 432. The number of pyridine rings is 1. The van der Waals surface area contributed by atoms with Gasteiger partial charge in [0.05, 0.1) is 0 Å². The van der Waals surface area contributed by atoms with E-state index in [4.69, 9.17) is 5.11 Å². The fourth-order valence-corrected chi connectivity index (χ4v) is 1.83. The first-order valence-corrected chi connectivity index (χ1v) is 5.11. The van der Waals surface area contributed by atoms with Crippen molar-refractivity contribution in [2.75, 3.05) is 0 Å². The first-order valence-electron chi connectivity index (χ1n) is 5.11. The zero-order valence-electron chi connectivity index (χ0n) is 8.35. The molecule has 0 saturated heterocycles. The van der Waals surface area contributed by atoms with Crippen LogP contribution in [0, 0.1) is 5.92 Å². The molecule has 0 radical (unpaired) electrons. The van der Waals surface area contributed by atoms with E-state index in [0.29, 0.717) is 12.5 Å². The van der Waals surface area contributed by atoms with E-state index in [1.54, 1.807) is 0 Å². The predicted molar refractivity (Wildman–Crippen MR) is 55.0 cm³/mol. The van der Waals surface area contributed by atoms with Crippen LogP contribution < -0.4 is 5.56 Å². The lowest BCUT2D eigenvalue weighted by molar-refractivity contribution is 0.0680. The molecule has 80 valence electrons. The van der Waals surface area contributed by atoms with Crippen molar-refractivity contribution in [3.05, 3.63) is 34.2 Å². The Hall–Kier alpha value is -1.58. The molecule has 0 spiro atoms. The Morgan fingerprint density at radius 2 is 2.20 bits per heavy atom. The maximum Gasteiger partial charge on any atom is 0.352 e. The van der Waals surface area contributed by atoms with Crippen molar-refractivity contribution in [1.82, 2.24) is 4.57 Å². The fraction of sp³-hybridized carbons (Fsp3) is 0.455. The second-order valence-corrected chi connectivity index (χ2v) is 3.96. The number of hydrogen-bond donors (Lipinski definition) is 1. The van der Waals surface area contributed by atoms with Crippen LogP contribution >= 0.6 is 0 Å². The number of nitrogens with zero attached hydrogens (tertiary/aromatic N) is 1. The van der Waals surface area contributed by atoms with Crippen LogP contribution in [0.15, 0.2) is 23.0 Å². The van der Waals surface area contributed by atoms with Crippen molar-refractivity contribution < 1.29 is 9.90 Å². The minimum atomic E-state index is -1.04. The van der Waals surface area contributed by atoms with E-state index in [9.17, 15) is 9.59 Å². The minimum absolute atomic E-state index is 0.0920. The van der Waals surface area contributed by atoms with Crippen LogP contribution in [0.2, 0.25) is 0 Å². The molecular weight excluding hydrogens is 194 g/mol. The Morgan fingerprint density at radius 1 is 1.47 bits per heavy atom. The van der Waals surface area contributed by atoms with E-state index in [1.807, 2.05) is 0 Å². The van der Waals surface area contributed by atoms with E-state index in [0.717, 1.165) is 12.8 Å². The average Bonchev–Trinajstić information content (AvgIpc) is 2.12. The zero-order chi connectivity index (χ0) is 10.8. The Morgan fingerprint density at radius 3 is 2.73 bits per heavy atom. The molecule has 2 rings (SSSR count). The summed E-state index contributed by atoms with van der Waals surface area (Å²) in [7, 11) is 0. The van der Waals surface area contributed by atoms with Gasteiger partial charge in [0.15, 0.2) is 0 Å². The summed E-state index contributed by atoms with van der Waals surface area (Å²) in [5.41, 5.74) is -0.129. The van der Waals surface area contributed by atoms with Gasteiger partial charge in [-0.3, -0.25) is 4.79 Å². The topological polar surface area (TPSA) is 59.3 Å². The van der Waals surface area contributed by atoms with Crippen molar-refractivity contribution in [2.45, 2.75) is 25.8 Å². The second-order valence-electron chi connectivity index (χ2n) is 3.96. The van der Waals surface area contributed by atoms with Crippen LogP contribution in [-0.2, 0) is 6.54 Å². The quantitative estimate of drug-likeness (QED) is 0.813. The maximum atomic E-state index is 11.5. The summed E-state index contributed by atoms with van der Waals surface area (Å²) in [6.45, 7) is 0.543. The first-order chi connectivity index (χ1) is 7.18. The van der Waals surface area contributed by atoms with E-state index in [1.165, 1.54) is 29.2 Å². The molecule has 1 heterocycles. The van der Waals surface area contributed by atoms with Gasteiger partial charge in [-0.05, 0) is 24.8 Å². The molecule has 15 heavy (non-hydrogen) atoms. The summed E-state index contributed by atoms with van der Waals surface area (Å²) in [5.74, 6) is -0.560. The van der Waals surface area contributed by atoms with Gasteiger partial charge >= 0.3 is 5.97 Å². The minimum Gasteiger partial charge on any atom is -0.477 e. The molecule has 0 atom stereocenters. The number of aromatic nitrogens is 1. The van der Waals surface area contributed by atoms with E-state index in [2.05, 4.69) is 0 Å². The molecule has 1 aliphatic rings. The van der Waals surface area contributed by atoms with Gasteiger partial charge in [-0.15, -0.1) is 0 Å². The molecule has 0 unspecified atom stereocenters. The fourth-order valence-electron chi connectivity index (χ4n) is 1.83. The molecule has 1 fully saturated rings. The highest BCUT2D eigenvalue weighted by atomic mass is 16.4. The number of aromatic carboxylic acids is 1. The standard InChI is InChI=1S/C11H13NO3/c13-10-6-2-5-9(11(14)15)12(10)7-8-3-1-4-8/h2,5-6,8H,1,3-4,7H2,(H,14,15). The molecule has 1 N–H and O–H groups in total. The molecule has 0 amide bonds. The summed E-state index contributed by atoms with van der Waals surface area (Å²) in [5, 5.41) is 8.93. The second kappa shape index (κ2) is 3.88. The van der Waals surface area contributed by atoms with Gasteiger partial charge in [0, 0.05) is 12.6 Å². The molecule has 4 nitrogen and oxygen atoms in total. The van der Waals surface area contributed by atoms with Gasteiger partial charge in [-0.25, -0.2) is 4.79 Å². The highest BCUT2D eigenvalue weighted by molar-refractivity contribution is 5.85. The van der Waals surface area contributed by atoms with Crippen molar-refractivity contribution in [3.63, 3.8) is 0 Å². The summed E-state index contributed by atoms with van der Waals surface area (Å²) < 4.78 is 1.37. The van der Waals surface area contributed by atoms with Crippen LogP contribution in [0.3, 0.4) is 0 Å². The summed E-state index contributed by atoms with van der Waals surface area (Å²) in [6, 6.07) is 4.37. The monoisotopic (exact) mass is 207 g/mol. The number of carbonyl (C=O) groups is 1. The molecule has 1 aromatic heterocycles. The summed E-state index contributed by atoms with van der Waals surface area (Å²) in [6.07, 6.45) is 3.38. The molecule has 0 aromatic carbocycles. The van der Waals surface area contributed by atoms with Crippen LogP contribution in [0.25, 0.3) is 0 Å². The molecule has 1 aliphatic carbocycles. The predicted octanol–water partition coefficient (Wildman–Crippen LogP) is 1.35. The third-order valence-electron chi connectivity index (χ3n) is 2.93. The molecule has 0 bridgehead atoms. The van der Waals surface area contributed by atoms with Gasteiger partial charge in [-0.2, -0.15) is 0 Å². The Labute approximate surface area is 87.2 Å². The maximum absolute atomic E-state index is 11.5. The normalized spacial score (nSPS) is 16.0. The molecule has 0 aliphatic heterocycles. The van der Waals surface area contributed by atoms with Crippen molar-refractivity contribution in [3.8, 4) is 0 Å². The summed E-state index contributed by atoms with van der Waals surface area (Å²) in [4.78, 5) is 22.4. The molecular formula is C11H13NO3. The third-order valence-corrected chi connectivity index (χ3v) is 2.93. The van der Waals surface area contributed by atoms with Gasteiger partial charge in [0.25, 0.3) is 5.56 Å². The summed E-state index contributed by atoms with van der Waals surface area (Å²) >= 11 is 0. The van der Waals surface area contributed by atoms with Gasteiger partial charge in [0.1, 0.15) is 5.69 Å². The average molecular weight is 207 g/mol. The largest absolute Gasteiger partial charge is 0.477 e. The van der Waals surface area contributed by atoms with Crippen LogP contribution in [0.4, 0.5) is 0 Å². The zero-order valence-corrected chi connectivity index (χ0v) is 8.35.